The van der Waals surface area contributed by atoms with Crippen molar-refractivity contribution in [1.82, 2.24) is 0 Å². The van der Waals surface area contributed by atoms with Crippen molar-refractivity contribution < 1.29 is 4.42 Å². The molecule has 1 aromatic heterocycles. The van der Waals surface area contributed by atoms with Gasteiger partial charge in [-0.05, 0) is 70.8 Å². The summed E-state index contributed by atoms with van der Waals surface area (Å²) < 4.78 is 6.03. The third-order valence-electron chi connectivity index (χ3n) is 4.82. The van der Waals surface area contributed by atoms with Gasteiger partial charge < -0.3 is 4.42 Å². The molecule has 0 bridgehead atoms. The van der Waals surface area contributed by atoms with E-state index in [-0.39, 0.29) is 0 Å². The summed E-state index contributed by atoms with van der Waals surface area (Å²) in [6, 6.07) is 28.3. The third-order valence-corrected chi connectivity index (χ3v) is 5.33. The lowest BCUT2D eigenvalue weighted by Crippen LogP contribution is -1.79. The third kappa shape index (κ3) is 2.99. The average molecular weight is 389 g/mol. The predicted molar refractivity (Wildman–Crippen MR) is 115 cm³/mol. The highest BCUT2D eigenvalue weighted by Gasteiger charge is 2.10. The highest BCUT2D eigenvalue weighted by atomic mass is 35.5. The van der Waals surface area contributed by atoms with Gasteiger partial charge in [0.2, 0.25) is 0 Å². The van der Waals surface area contributed by atoms with Gasteiger partial charge in [0.05, 0.1) is 0 Å². The molecule has 1 heterocycles. The maximum Gasteiger partial charge on any atom is 0.135 e. The first kappa shape index (κ1) is 16.4. The second-order valence-electron chi connectivity index (χ2n) is 6.54. The molecule has 0 atom stereocenters. The first-order valence-electron chi connectivity index (χ1n) is 8.66. The molecule has 0 aliphatic carbocycles. The van der Waals surface area contributed by atoms with E-state index in [1.54, 1.807) is 0 Å². The van der Waals surface area contributed by atoms with Crippen LogP contribution in [0.1, 0.15) is 0 Å². The van der Waals surface area contributed by atoms with Crippen LogP contribution in [0.15, 0.2) is 89.3 Å². The van der Waals surface area contributed by atoms with Crippen LogP contribution in [-0.4, -0.2) is 0 Å². The Morgan fingerprint density at radius 3 is 1.22 bits per heavy atom. The van der Waals surface area contributed by atoms with Gasteiger partial charge in [-0.2, -0.15) is 0 Å². The van der Waals surface area contributed by atoms with E-state index in [0.717, 1.165) is 54.2 Å². The Bertz CT molecular complexity index is 1170. The van der Waals surface area contributed by atoms with E-state index in [1.807, 2.05) is 60.7 Å². The molecule has 130 valence electrons. The topological polar surface area (TPSA) is 13.1 Å². The number of fused-ring (bicyclic) bond motifs is 3. The minimum atomic E-state index is 0.737. The zero-order chi connectivity index (χ0) is 18.4. The minimum absolute atomic E-state index is 0.737. The second-order valence-corrected chi connectivity index (χ2v) is 7.41. The molecule has 1 nitrogen and oxygen atoms in total. The lowest BCUT2D eigenvalue weighted by molar-refractivity contribution is 0.669. The monoisotopic (exact) mass is 388 g/mol. The number of hydrogen-bond donors (Lipinski definition) is 0. The molecular weight excluding hydrogens is 375 g/mol. The number of rotatable bonds is 2. The van der Waals surface area contributed by atoms with Crippen LogP contribution in [0.5, 0.6) is 0 Å². The zero-order valence-electron chi connectivity index (χ0n) is 14.2. The summed E-state index contributed by atoms with van der Waals surface area (Å²) >= 11 is 12.0. The van der Waals surface area contributed by atoms with Crippen molar-refractivity contribution in [1.29, 1.82) is 0 Å². The molecule has 4 aromatic carbocycles. The van der Waals surface area contributed by atoms with E-state index in [0.29, 0.717) is 0 Å². The molecule has 0 N–H and O–H groups in total. The van der Waals surface area contributed by atoms with Crippen molar-refractivity contribution in [2.45, 2.75) is 0 Å². The SMILES string of the molecule is Clc1ccc(-c2ccc3oc4ccc(-c5ccc(Cl)cc5)cc4c3c2)cc1. The van der Waals surface area contributed by atoms with Crippen LogP contribution < -0.4 is 0 Å². The van der Waals surface area contributed by atoms with Crippen molar-refractivity contribution in [3.63, 3.8) is 0 Å². The lowest BCUT2D eigenvalue weighted by atomic mass is 10.0. The highest BCUT2D eigenvalue weighted by molar-refractivity contribution is 6.31. The molecule has 0 spiro atoms. The fourth-order valence-corrected chi connectivity index (χ4v) is 3.67. The zero-order valence-corrected chi connectivity index (χ0v) is 15.8. The molecule has 0 saturated heterocycles. The van der Waals surface area contributed by atoms with Gasteiger partial charge in [0.15, 0.2) is 0 Å². The molecule has 27 heavy (non-hydrogen) atoms. The van der Waals surface area contributed by atoms with Crippen LogP contribution in [0.2, 0.25) is 10.0 Å². The quantitative estimate of drug-likeness (QED) is 0.296. The Hall–Kier alpha value is -2.74. The van der Waals surface area contributed by atoms with Crippen LogP contribution in [0.4, 0.5) is 0 Å². The van der Waals surface area contributed by atoms with Crippen LogP contribution in [0.25, 0.3) is 44.2 Å². The van der Waals surface area contributed by atoms with E-state index in [2.05, 4.69) is 24.3 Å². The van der Waals surface area contributed by atoms with Gasteiger partial charge in [-0.1, -0.05) is 59.6 Å². The van der Waals surface area contributed by atoms with E-state index >= 15 is 0 Å². The van der Waals surface area contributed by atoms with Gasteiger partial charge in [0.25, 0.3) is 0 Å². The van der Waals surface area contributed by atoms with Crippen LogP contribution >= 0.6 is 23.2 Å². The molecule has 0 saturated carbocycles. The van der Waals surface area contributed by atoms with Gasteiger partial charge in [0, 0.05) is 20.8 Å². The summed E-state index contributed by atoms with van der Waals surface area (Å²) in [7, 11) is 0. The standard InChI is InChI=1S/C24H14Cl2O/c25-19-7-1-15(2-8-19)17-5-11-23-21(13-17)22-14-18(6-12-24(22)27-23)16-3-9-20(26)10-4-16/h1-14H. The Kier molecular flexibility index (Phi) is 3.93. The van der Waals surface area contributed by atoms with Gasteiger partial charge >= 0.3 is 0 Å². The molecule has 3 heteroatoms. The Labute approximate surface area is 166 Å². The largest absolute Gasteiger partial charge is 0.456 e. The molecule has 0 amide bonds. The van der Waals surface area contributed by atoms with Crippen molar-refractivity contribution in [2.75, 3.05) is 0 Å². The Morgan fingerprint density at radius 2 is 0.815 bits per heavy atom. The summed E-state index contributed by atoms with van der Waals surface area (Å²) in [5.74, 6) is 0. The summed E-state index contributed by atoms with van der Waals surface area (Å²) in [5.41, 5.74) is 6.30. The number of halogens is 2. The van der Waals surface area contributed by atoms with Crippen LogP contribution in [0.3, 0.4) is 0 Å². The number of benzene rings is 4. The highest BCUT2D eigenvalue weighted by Crippen LogP contribution is 2.35. The summed E-state index contributed by atoms with van der Waals surface area (Å²) in [4.78, 5) is 0. The van der Waals surface area contributed by atoms with E-state index in [9.17, 15) is 0 Å². The van der Waals surface area contributed by atoms with Crippen molar-refractivity contribution >= 4 is 45.1 Å². The first-order valence-corrected chi connectivity index (χ1v) is 9.41. The Morgan fingerprint density at radius 1 is 0.444 bits per heavy atom. The van der Waals surface area contributed by atoms with E-state index in [4.69, 9.17) is 27.6 Å². The molecule has 0 unspecified atom stereocenters. The van der Waals surface area contributed by atoms with Gasteiger partial charge in [-0.25, -0.2) is 0 Å². The van der Waals surface area contributed by atoms with E-state index < -0.39 is 0 Å². The maximum atomic E-state index is 6.03. The average Bonchev–Trinajstić information content (AvgIpc) is 3.06. The van der Waals surface area contributed by atoms with Gasteiger partial charge in [-0.3, -0.25) is 0 Å². The maximum absolute atomic E-state index is 6.03. The molecule has 5 rings (SSSR count). The molecule has 5 aromatic rings. The van der Waals surface area contributed by atoms with Crippen LogP contribution in [-0.2, 0) is 0 Å². The fraction of sp³-hybridized carbons (Fsp3) is 0. The van der Waals surface area contributed by atoms with Gasteiger partial charge in [0.1, 0.15) is 11.2 Å². The normalized spacial score (nSPS) is 11.3. The lowest BCUT2D eigenvalue weighted by Gasteiger charge is -2.03. The van der Waals surface area contributed by atoms with Crippen LogP contribution in [0, 0.1) is 0 Å². The fourth-order valence-electron chi connectivity index (χ4n) is 3.42. The smallest absolute Gasteiger partial charge is 0.135 e. The van der Waals surface area contributed by atoms with Crippen molar-refractivity contribution in [3.05, 3.63) is 95.0 Å². The van der Waals surface area contributed by atoms with E-state index in [1.165, 1.54) is 0 Å². The first-order chi connectivity index (χ1) is 13.2. The van der Waals surface area contributed by atoms with Crippen molar-refractivity contribution in [3.8, 4) is 22.3 Å². The number of furan rings is 1. The molecule has 0 aliphatic rings. The molecule has 0 fully saturated rings. The number of hydrogen-bond acceptors (Lipinski definition) is 1. The summed E-state index contributed by atoms with van der Waals surface area (Å²) in [5, 5.41) is 3.68. The van der Waals surface area contributed by atoms with Gasteiger partial charge in [-0.15, -0.1) is 0 Å². The molecular formula is C24H14Cl2O. The summed E-state index contributed by atoms with van der Waals surface area (Å²) in [6.45, 7) is 0. The van der Waals surface area contributed by atoms with Crippen molar-refractivity contribution in [2.24, 2.45) is 0 Å². The summed E-state index contributed by atoms with van der Waals surface area (Å²) in [6.07, 6.45) is 0. The predicted octanol–water partition coefficient (Wildman–Crippen LogP) is 8.23. The minimum Gasteiger partial charge on any atom is -0.456 e. The molecule has 0 aliphatic heterocycles. The second kappa shape index (κ2) is 6.45. The Balaban J connectivity index is 1.68. The molecule has 0 radical (unpaired) electrons.